The Balaban J connectivity index is 1.35. The molecule has 0 bridgehead atoms. The van der Waals surface area contributed by atoms with Crippen molar-refractivity contribution < 1.29 is 14.1 Å². The van der Waals surface area contributed by atoms with Crippen LogP contribution in [0.5, 0.6) is 0 Å². The van der Waals surface area contributed by atoms with E-state index in [-0.39, 0.29) is 18.0 Å². The number of aromatic nitrogens is 2. The van der Waals surface area contributed by atoms with Crippen LogP contribution >= 0.6 is 0 Å². The van der Waals surface area contributed by atoms with Gasteiger partial charge in [0, 0.05) is 31.5 Å². The fraction of sp³-hybridized carbons (Fsp3) is 0.812. The lowest BCUT2D eigenvalue weighted by Gasteiger charge is -2.30. The van der Waals surface area contributed by atoms with Crippen LogP contribution in [0.15, 0.2) is 4.52 Å². The average molecular weight is 322 g/mol. The highest BCUT2D eigenvalue weighted by atomic mass is 16.5. The Morgan fingerprint density at radius 1 is 1.35 bits per heavy atom. The third-order valence-electron chi connectivity index (χ3n) is 4.42. The zero-order valence-corrected chi connectivity index (χ0v) is 13.9. The maximum atomic E-state index is 12.0. The summed E-state index contributed by atoms with van der Waals surface area (Å²) < 4.78 is 10.9. The Morgan fingerprint density at radius 3 is 2.87 bits per heavy atom. The van der Waals surface area contributed by atoms with Crippen molar-refractivity contribution in [3.8, 4) is 0 Å². The predicted molar refractivity (Wildman–Crippen MR) is 84.1 cm³/mol. The normalized spacial score (nSPS) is 24.7. The van der Waals surface area contributed by atoms with Crippen LogP contribution in [0, 0.1) is 5.92 Å². The largest absolute Gasteiger partial charge is 0.378 e. The van der Waals surface area contributed by atoms with Gasteiger partial charge in [0.15, 0.2) is 5.82 Å². The van der Waals surface area contributed by atoms with Gasteiger partial charge in [0.25, 0.3) is 0 Å². The standard InChI is InChI=1S/C16H26N4O3/c1-10(2)15-19-14(23-20-15)5-7-17-16(21)18-12-6-8-22-13(9-12)11-3-4-11/h10-13H,3-9H2,1-2H3,(H2,17,18,21). The van der Waals surface area contributed by atoms with Crippen molar-refractivity contribution in [1.29, 1.82) is 0 Å². The fourth-order valence-corrected chi connectivity index (χ4v) is 2.88. The number of nitrogens with zero attached hydrogens (tertiary/aromatic N) is 2. The number of hydrogen-bond acceptors (Lipinski definition) is 5. The molecule has 1 aliphatic carbocycles. The predicted octanol–water partition coefficient (Wildman–Crippen LogP) is 1.99. The van der Waals surface area contributed by atoms with E-state index >= 15 is 0 Å². The Hall–Kier alpha value is -1.63. The molecule has 3 rings (SSSR count). The molecular formula is C16H26N4O3. The SMILES string of the molecule is CC(C)c1noc(CCNC(=O)NC2CCOC(C3CC3)C2)n1. The maximum Gasteiger partial charge on any atom is 0.315 e. The number of nitrogens with one attached hydrogen (secondary N) is 2. The molecule has 0 radical (unpaired) electrons. The smallest absolute Gasteiger partial charge is 0.315 e. The van der Waals surface area contributed by atoms with E-state index in [1.54, 1.807) is 0 Å². The summed E-state index contributed by atoms with van der Waals surface area (Å²) >= 11 is 0. The zero-order chi connectivity index (χ0) is 16.2. The van der Waals surface area contributed by atoms with Crippen molar-refractivity contribution >= 4 is 6.03 Å². The van der Waals surface area contributed by atoms with Crippen LogP contribution in [0.1, 0.15) is 57.2 Å². The molecule has 0 aromatic carbocycles. The number of carbonyl (C=O) groups excluding carboxylic acids is 1. The number of hydrogen-bond donors (Lipinski definition) is 2. The molecule has 1 aromatic heterocycles. The molecule has 1 aromatic rings. The Morgan fingerprint density at radius 2 is 2.17 bits per heavy atom. The number of carbonyl (C=O) groups is 1. The monoisotopic (exact) mass is 322 g/mol. The van der Waals surface area contributed by atoms with Gasteiger partial charge in [-0.15, -0.1) is 0 Å². The van der Waals surface area contributed by atoms with Gasteiger partial charge in [-0.2, -0.15) is 4.98 Å². The van der Waals surface area contributed by atoms with Gasteiger partial charge in [-0.1, -0.05) is 19.0 Å². The lowest BCUT2D eigenvalue weighted by molar-refractivity contribution is -0.00913. The molecule has 1 aliphatic heterocycles. The van der Waals surface area contributed by atoms with Crippen LogP contribution in [0.4, 0.5) is 4.79 Å². The summed E-state index contributed by atoms with van der Waals surface area (Å²) in [6.07, 6.45) is 5.24. The Labute approximate surface area is 136 Å². The summed E-state index contributed by atoms with van der Waals surface area (Å²) in [5.41, 5.74) is 0. The van der Waals surface area contributed by atoms with E-state index in [1.807, 2.05) is 13.8 Å². The number of rotatable bonds is 6. The first-order chi connectivity index (χ1) is 11.1. The number of ether oxygens (including phenoxy) is 1. The summed E-state index contributed by atoms with van der Waals surface area (Å²) in [6, 6.07) is 0.0837. The van der Waals surface area contributed by atoms with Crippen molar-refractivity contribution in [1.82, 2.24) is 20.8 Å². The fourth-order valence-electron chi connectivity index (χ4n) is 2.88. The maximum absolute atomic E-state index is 12.0. The molecule has 2 heterocycles. The highest BCUT2D eigenvalue weighted by molar-refractivity contribution is 5.74. The third kappa shape index (κ3) is 4.67. The zero-order valence-electron chi connectivity index (χ0n) is 13.9. The lowest BCUT2D eigenvalue weighted by Crippen LogP contribution is -2.47. The van der Waals surface area contributed by atoms with Crippen LogP contribution in [-0.2, 0) is 11.2 Å². The summed E-state index contributed by atoms with van der Waals surface area (Å²) in [5.74, 6) is 2.23. The van der Waals surface area contributed by atoms with E-state index in [1.165, 1.54) is 12.8 Å². The van der Waals surface area contributed by atoms with E-state index in [4.69, 9.17) is 9.26 Å². The van der Waals surface area contributed by atoms with Crippen LogP contribution in [0.3, 0.4) is 0 Å². The first-order valence-corrected chi connectivity index (χ1v) is 8.60. The molecule has 2 amide bonds. The van der Waals surface area contributed by atoms with Gasteiger partial charge in [0.2, 0.25) is 5.89 Å². The van der Waals surface area contributed by atoms with Crippen molar-refractivity contribution in [3.63, 3.8) is 0 Å². The summed E-state index contributed by atoms with van der Waals surface area (Å²) in [5, 5.41) is 9.81. The molecular weight excluding hydrogens is 296 g/mol. The summed E-state index contributed by atoms with van der Waals surface area (Å²) in [6.45, 7) is 5.26. The lowest BCUT2D eigenvalue weighted by atomic mass is 10.0. The summed E-state index contributed by atoms with van der Waals surface area (Å²) in [4.78, 5) is 16.3. The third-order valence-corrected chi connectivity index (χ3v) is 4.42. The van der Waals surface area contributed by atoms with Gasteiger partial charge in [-0.05, 0) is 31.6 Å². The first-order valence-electron chi connectivity index (χ1n) is 8.60. The van der Waals surface area contributed by atoms with Crippen molar-refractivity contribution in [3.05, 3.63) is 11.7 Å². The van der Waals surface area contributed by atoms with E-state index in [2.05, 4.69) is 20.8 Å². The molecule has 1 saturated carbocycles. The highest BCUT2D eigenvalue weighted by Gasteiger charge is 2.36. The minimum Gasteiger partial charge on any atom is -0.378 e. The van der Waals surface area contributed by atoms with Crippen molar-refractivity contribution in [2.24, 2.45) is 5.92 Å². The Kier molecular flexibility index (Phi) is 5.15. The van der Waals surface area contributed by atoms with Gasteiger partial charge < -0.3 is 19.9 Å². The van der Waals surface area contributed by atoms with E-state index in [9.17, 15) is 4.79 Å². The van der Waals surface area contributed by atoms with Crippen LogP contribution < -0.4 is 10.6 Å². The number of amides is 2. The first kappa shape index (κ1) is 16.2. The molecule has 2 aliphatic rings. The minimum absolute atomic E-state index is 0.130. The second-order valence-corrected chi connectivity index (χ2v) is 6.82. The second-order valence-electron chi connectivity index (χ2n) is 6.82. The van der Waals surface area contributed by atoms with Gasteiger partial charge in [0.1, 0.15) is 0 Å². The second kappa shape index (κ2) is 7.29. The van der Waals surface area contributed by atoms with Crippen molar-refractivity contribution in [2.45, 2.75) is 64.0 Å². The molecule has 1 saturated heterocycles. The van der Waals surface area contributed by atoms with Crippen LogP contribution in [-0.4, -0.2) is 41.5 Å². The molecule has 0 spiro atoms. The molecule has 128 valence electrons. The van der Waals surface area contributed by atoms with Crippen LogP contribution in [0.25, 0.3) is 0 Å². The van der Waals surface area contributed by atoms with Gasteiger partial charge >= 0.3 is 6.03 Å². The highest BCUT2D eigenvalue weighted by Crippen LogP contribution is 2.38. The molecule has 7 nitrogen and oxygen atoms in total. The molecule has 23 heavy (non-hydrogen) atoms. The van der Waals surface area contributed by atoms with Crippen LogP contribution in [0.2, 0.25) is 0 Å². The Bertz CT molecular complexity index is 527. The molecule has 7 heteroatoms. The van der Waals surface area contributed by atoms with E-state index in [0.717, 1.165) is 25.4 Å². The molecule has 2 atom stereocenters. The van der Waals surface area contributed by atoms with Crippen molar-refractivity contribution in [2.75, 3.05) is 13.2 Å². The molecule has 2 fully saturated rings. The van der Waals surface area contributed by atoms with Gasteiger partial charge in [0.05, 0.1) is 6.10 Å². The van der Waals surface area contributed by atoms with Gasteiger partial charge in [-0.25, -0.2) is 4.79 Å². The topological polar surface area (TPSA) is 89.3 Å². The van der Waals surface area contributed by atoms with E-state index in [0.29, 0.717) is 30.8 Å². The minimum atomic E-state index is -0.130. The quantitative estimate of drug-likeness (QED) is 0.836. The average Bonchev–Trinajstić information content (AvgIpc) is 3.26. The van der Waals surface area contributed by atoms with E-state index < -0.39 is 0 Å². The molecule has 2 N–H and O–H groups in total. The summed E-state index contributed by atoms with van der Waals surface area (Å²) in [7, 11) is 0. The molecule has 2 unspecified atom stereocenters. The number of urea groups is 1. The van der Waals surface area contributed by atoms with Gasteiger partial charge in [-0.3, -0.25) is 0 Å².